The number of nitrogens with one attached hydrogen (secondary N) is 2. The van der Waals surface area contributed by atoms with Crippen LogP contribution in [0.5, 0.6) is 17.2 Å². The number of carbonyl (C=O) groups excluding carboxylic acids is 1. The first-order valence-electron chi connectivity index (χ1n) is 9.64. The summed E-state index contributed by atoms with van der Waals surface area (Å²) in [6.45, 7) is 0.768. The Bertz CT molecular complexity index is 1070. The van der Waals surface area contributed by atoms with Crippen LogP contribution in [0.2, 0.25) is 0 Å². The molecule has 1 aliphatic heterocycles. The third-order valence-electron chi connectivity index (χ3n) is 4.81. The van der Waals surface area contributed by atoms with Gasteiger partial charge in [0, 0.05) is 24.4 Å². The second-order valence-electron chi connectivity index (χ2n) is 6.86. The highest BCUT2D eigenvalue weighted by Gasteiger charge is 2.24. The molecule has 0 unspecified atom stereocenters. The Kier molecular flexibility index (Phi) is 5.74. The second-order valence-corrected chi connectivity index (χ2v) is 6.86. The van der Waals surface area contributed by atoms with Crippen molar-refractivity contribution in [3.63, 3.8) is 0 Å². The van der Waals surface area contributed by atoms with Gasteiger partial charge < -0.3 is 29.7 Å². The predicted molar refractivity (Wildman–Crippen MR) is 118 cm³/mol. The van der Waals surface area contributed by atoms with Gasteiger partial charge in [0.15, 0.2) is 17.3 Å². The molecule has 31 heavy (non-hydrogen) atoms. The molecule has 1 aromatic heterocycles. The summed E-state index contributed by atoms with van der Waals surface area (Å²) in [5.74, 6) is 2.45. The maximum Gasteiger partial charge on any atom is 0.244 e. The predicted octanol–water partition coefficient (Wildman–Crippen LogP) is 3.20. The first-order valence-corrected chi connectivity index (χ1v) is 9.64. The van der Waals surface area contributed by atoms with Gasteiger partial charge in [0.2, 0.25) is 17.6 Å². The lowest BCUT2D eigenvalue weighted by Gasteiger charge is -2.29. The molecule has 3 aromatic rings. The fourth-order valence-electron chi connectivity index (χ4n) is 3.42. The molecule has 0 radical (unpaired) electrons. The average molecular weight is 421 g/mol. The smallest absolute Gasteiger partial charge is 0.244 e. The Labute approximate surface area is 180 Å². The van der Waals surface area contributed by atoms with Crippen LogP contribution in [0.1, 0.15) is 5.56 Å². The van der Waals surface area contributed by atoms with Crippen molar-refractivity contribution < 1.29 is 19.0 Å². The van der Waals surface area contributed by atoms with E-state index in [4.69, 9.17) is 14.2 Å². The topological polar surface area (TPSA) is 97.8 Å². The summed E-state index contributed by atoms with van der Waals surface area (Å²) < 4.78 is 16.2. The van der Waals surface area contributed by atoms with Crippen LogP contribution in [-0.2, 0) is 11.3 Å². The molecule has 0 saturated carbocycles. The lowest BCUT2D eigenvalue weighted by Crippen LogP contribution is -2.38. The molecule has 2 aromatic carbocycles. The van der Waals surface area contributed by atoms with Crippen LogP contribution in [0.3, 0.4) is 0 Å². The zero-order chi connectivity index (χ0) is 21.8. The van der Waals surface area contributed by atoms with Gasteiger partial charge in [-0.25, -0.2) is 4.98 Å². The fraction of sp³-hybridized carbons (Fsp3) is 0.227. The van der Waals surface area contributed by atoms with Gasteiger partial charge in [0.1, 0.15) is 5.69 Å². The maximum absolute atomic E-state index is 12.1. The van der Waals surface area contributed by atoms with Crippen LogP contribution in [0.25, 0.3) is 0 Å². The summed E-state index contributed by atoms with van der Waals surface area (Å²) in [7, 11) is 4.66. The largest absolute Gasteiger partial charge is 0.493 e. The van der Waals surface area contributed by atoms with Gasteiger partial charge in [-0.3, -0.25) is 4.79 Å². The van der Waals surface area contributed by atoms with Crippen molar-refractivity contribution in [3.8, 4) is 17.2 Å². The molecule has 0 bridgehead atoms. The SMILES string of the molecule is COc1cc(Nc2ncc3c(n2)N(Cc2ccccc2)CC(=O)N3)cc(OC)c1OC. The molecule has 0 aliphatic carbocycles. The number of methoxy groups -OCH3 is 3. The minimum Gasteiger partial charge on any atom is -0.493 e. The van der Waals surface area contributed by atoms with E-state index in [9.17, 15) is 4.79 Å². The molecule has 160 valence electrons. The van der Waals surface area contributed by atoms with Gasteiger partial charge in [-0.15, -0.1) is 0 Å². The summed E-state index contributed by atoms with van der Waals surface area (Å²) >= 11 is 0. The van der Waals surface area contributed by atoms with Crippen LogP contribution in [0, 0.1) is 0 Å². The standard InChI is InChI=1S/C22H23N5O4/c1-29-17-9-15(10-18(30-2)20(17)31-3)24-22-23-11-16-21(26-22)27(13-19(28)25-16)12-14-7-5-4-6-8-14/h4-11H,12-13H2,1-3H3,(H,25,28)(H,23,24,26). The van der Waals surface area contributed by atoms with E-state index < -0.39 is 0 Å². The van der Waals surface area contributed by atoms with Gasteiger partial charge in [-0.1, -0.05) is 30.3 Å². The summed E-state index contributed by atoms with van der Waals surface area (Å²) in [4.78, 5) is 23.1. The lowest BCUT2D eigenvalue weighted by atomic mass is 10.2. The number of carbonyl (C=O) groups is 1. The number of rotatable bonds is 7. The molecule has 0 atom stereocenters. The average Bonchev–Trinajstić information content (AvgIpc) is 2.79. The summed E-state index contributed by atoms with van der Waals surface area (Å²) in [6, 6.07) is 13.5. The van der Waals surface area contributed by atoms with Crippen LogP contribution in [0.15, 0.2) is 48.7 Å². The molecular weight excluding hydrogens is 398 g/mol. The van der Waals surface area contributed by atoms with Crippen molar-refractivity contribution in [1.29, 1.82) is 0 Å². The first-order chi connectivity index (χ1) is 15.1. The van der Waals surface area contributed by atoms with E-state index in [1.165, 1.54) is 0 Å². The van der Waals surface area contributed by atoms with Crippen LogP contribution < -0.4 is 29.7 Å². The van der Waals surface area contributed by atoms with Gasteiger partial charge in [0.05, 0.1) is 34.1 Å². The Hall–Kier alpha value is -4.01. The van der Waals surface area contributed by atoms with Crippen molar-refractivity contribution >= 4 is 29.0 Å². The van der Waals surface area contributed by atoms with Gasteiger partial charge in [-0.2, -0.15) is 4.98 Å². The Balaban J connectivity index is 1.64. The molecule has 0 spiro atoms. The van der Waals surface area contributed by atoms with E-state index in [1.807, 2.05) is 35.2 Å². The number of nitrogens with zero attached hydrogens (tertiary/aromatic N) is 3. The quantitative estimate of drug-likeness (QED) is 0.600. The molecule has 4 rings (SSSR count). The molecule has 2 heterocycles. The second kappa shape index (κ2) is 8.78. The molecule has 0 fully saturated rings. The van der Waals surface area contributed by atoms with E-state index in [-0.39, 0.29) is 12.5 Å². The summed E-state index contributed by atoms with van der Waals surface area (Å²) in [5.41, 5.74) is 2.33. The minimum atomic E-state index is -0.0997. The monoisotopic (exact) mass is 421 g/mol. The van der Waals surface area contributed by atoms with Gasteiger partial charge >= 0.3 is 0 Å². The van der Waals surface area contributed by atoms with Crippen molar-refractivity contribution in [3.05, 3.63) is 54.2 Å². The highest BCUT2D eigenvalue weighted by atomic mass is 16.5. The highest BCUT2D eigenvalue weighted by molar-refractivity contribution is 6.00. The molecule has 1 amide bonds. The van der Waals surface area contributed by atoms with Crippen molar-refractivity contribution in [2.75, 3.05) is 43.4 Å². The van der Waals surface area contributed by atoms with E-state index in [1.54, 1.807) is 39.7 Å². The Morgan fingerprint density at radius 2 is 1.77 bits per heavy atom. The van der Waals surface area contributed by atoms with Crippen LogP contribution in [-0.4, -0.2) is 43.7 Å². The fourth-order valence-corrected chi connectivity index (χ4v) is 3.42. The number of benzene rings is 2. The number of anilines is 4. The zero-order valence-corrected chi connectivity index (χ0v) is 17.5. The minimum absolute atomic E-state index is 0.0997. The van der Waals surface area contributed by atoms with E-state index in [0.717, 1.165) is 5.56 Å². The number of hydrogen-bond acceptors (Lipinski definition) is 8. The maximum atomic E-state index is 12.1. The molecule has 2 N–H and O–H groups in total. The molecular formula is C22H23N5O4. The Morgan fingerprint density at radius 1 is 1.06 bits per heavy atom. The molecule has 1 aliphatic rings. The van der Waals surface area contributed by atoms with Crippen molar-refractivity contribution in [1.82, 2.24) is 9.97 Å². The zero-order valence-electron chi connectivity index (χ0n) is 17.5. The number of amides is 1. The normalized spacial score (nSPS) is 12.6. The molecule has 9 nitrogen and oxygen atoms in total. The van der Waals surface area contributed by atoms with Crippen LogP contribution in [0.4, 0.5) is 23.1 Å². The summed E-state index contributed by atoms with van der Waals surface area (Å²) in [5, 5.41) is 6.00. The first kappa shape index (κ1) is 20.3. The van der Waals surface area contributed by atoms with Gasteiger partial charge in [0.25, 0.3) is 0 Å². The van der Waals surface area contributed by atoms with E-state index in [2.05, 4.69) is 20.6 Å². The van der Waals surface area contributed by atoms with Gasteiger partial charge in [-0.05, 0) is 5.56 Å². The molecule has 9 heteroatoms. The number of fused-ring (bicyclic) bond motifs is 1. The lowest BCUT2D eigenvalue weighted by molar-refractivity contribution is -0.115. The highest BCUT2D eigenvalue weighted by Crippen LogP contribution is 2.40. The third-order valence-corrected chi connectivity index (χ3v) is 4.81. The van der Waals surface area contributed by atoms with E-state index in [0.29, 0.717) is 46.9 Å². The van der Waals surface area contributed by atoms with Crippen LogP contribution >= 0.6 is 0 Å². The van der Waals surface area contributed by atoms with Crippen molar-refractivity contribution in [2.24, 2.45) is 0 Å². The molecule has 0 saturated heterocycles. The summed E-state index contributed by atoms with van der Waals surface area (Å²) in [6.07, 6.45) is 1.59. The van der Waals surface area contributed by atoms with E-state index >= 15 is 0 Å². The number of hydrogen-bond donors (Lipinski definition) is 2. The Morgan fingerprint density at radius 3 is 2.42 bits per heavy atom. The van der Waals surface area contributed by atoms with Crippen molar-refractivity contribution in [2.45, 2.75) is 6.54 Å². The number of ether oxygens (including phenoxy) is 3. The number of aromatic nitrogens is 2. The third kappa shape index (κ3) is 4.30.